The number of rotatable bonds is 4. The standard InChI is InChI=1S/C25H27N5O/c1-17-5-4-11-29(17)22-13-18(7-10-27-22)21-16-28-23-14-20(8-12-30(21)23)25(2)9-3-6-19(15-25)24(26)31/h3,6-10,12-14,16-17H,4-5,11,15H2,1-2H3,(H2,26,31). The van der Waals surface area contributed by atoms with Gasteiger partial charge in [0.2, 0.25) is 5.91 Å². The fraction of sp³-hybridized carbons (Fsp3) is 0.320. The minimum Gasteiger partial charge on any atom is -0.366 e. The lowest BCUT2D eigenvalue weighted by molar-refractivity contribution is -0.114. The van der Waals surface area contributed by atoms with Gasteiger partial charge in [0.05, 0.1) is 11.9 Å². The Balaban J connectivity index is 1.49. The van der Waals surface area contributed by atoms with Crippen molar-refractivity contribution in [3.63, 3.8) is 0 Å². The Morgan fingerprint density at radius 3 is 2.90 bits per heavy atom. The van der Waals surface area contributed by atoms with Crippen LogP contribution < -0.4 is 10.6 Å². The third-order valence-corrected chi connectivity index (χ3v) is 6.70. The molecule has 158 valence electrons. The number of primary amides is 1. The monoisotopic (exact) mass is 413 g/mol. The number of carbonyl (C=O) groups excluding carboxylic acids is 1. The summed E-state index contributed by atoms with van der Waals surface area (Å²) in [6.45, 7) is 5.44. The zero-order valence-corrected chi connectivity index (χ0v) is 18.0. The highest BCUT2D eigenvalue weighted by Gasteiger charge is 2.29. The Morgan fingerprint density at radius 1 is 1.26 bits per heavy atom. The Labute approximate surface area is 182 Å². The van der Waals surface area contributed by atoms with E-state index >= 15 is 0 Å². The van der Waals surface area contributed by atoms with E-state index < -0.39 is 0 Å². The van der Waals surface area contributed by atoms with Crippen molar-refractivity contribution in [1.82, 2.24) is 14.4 Å². The Hall–Kier alpha value is -3.41. The van der Waals surface area contributed by atoms with E-state index in [2.05, 4.69) is 63.6 Å². The second-order valence-corrected chi connectivity index (χ2v) is 8.88. The second kappa shape index (κ2) is 7.38. The van der Waals surface area contributed by atoms with E-state index in [0.29, 0.717) is 18.0 Å². The van der Waals surface area contributed by atoms with Gasteiger partial charge in [0.15, 0.2) is 0 Å². The van der Waals surface area contributed by atoms with Gasteiger partial charge in [0.1, 0.15) is 11.5 Å². The molecule has 6 heteroatoms. The van der Waals surface area contributed by atoms with Crippen LogP contribution in [0.3, 0.4) is 0 Å². The summed E-state index contributed by atoms with van der Waals surface area (Å²) < 4.78 is 2.11. The molecule has 0 aromatic carbocycles. The highest BCUT2D eigenvalue weighted by molar-refractivity contribution is 5.93. The Bertz CT molecular complexity index is 1220. The summed E-state index contributed by atoms with van der Waals surface area (Å²) in [5.74, 6) is 0.667. The Morgan fingerprint density at radius 2 is 2.13 bits per heavy atom. The van der Waals surface area contributed by atoms with Gasteiger partial charge in [-0.1, -0.05) is 25.2 Å². The molecule has 6 nitrogen and oxygen atoms in total. The number of carbonyl (C=O) groups is 1. The molecular weight excluding hydrogens is 386 g/mol. The van der Waals surface area contributed by atoms with E-state index in [9.17, 15) is 4.79 Å². The van der Waals surface area contributed by atoms with Gasteiger partial charge in [-0.05, 0) is 56.0 Å². The molecule has 5 rings (SSSR count). The molecule has 3 aromatic rings. The highest BCUT2D eigenvalue weighted by atomic mass is 16.1. The van der Waals surface area contributed by atoms with Gasteiger partial charge in [-0.25, -0.2) is 9.97 Å². The highest BCUT2D eigenvalue weighted by Crippen LogP contribution is 2.36. The van der Waals surface area contributed by atoms with Crippen LogP contribution in [-0.2, 0) is 10.2 Å². The van der Waals surface area contributed by atoms with Crippen LogP contribution in [0.25, 0.3) is 16.9 Å². The quantitative estimate of drug-likeness (QED) is 0.701. The van der Waals surface area contributed by atoms with Gasteiger partial charge >= 0.3 is 0 Å². The van der Waals surface area contributed by atoms with E-state index in [4.69, 9.17) is 5.73 Å². The SMILES string of the molecule is CC1CCCN1c1cc(-c2cnc3cc(C4(C)C=CC=C(C(N)=O)C4)ccn23)ccn1. The van der Waals surface area contributed by atoms with Crippen molar-refractivity contribution in [3.8, 4) is 11.3 Å². The summed E-state index contributed by atoms with van der Waals surface area (Å²) in [4.78, 5) is 23.4. The van der Waals surface area contributed by atoms with Crippen LogP contribution >= 0.6 is 0 Å². The zero-order chi connectivity index (χ0) is 21.6. The molecule has 2 N–H and O–H groups in total. The van der Waals surface area contributed by atoms with Crippen LogP contribution in [0.5, 0.6) is 0 Å². The van der Waals surface area contributed by atoms with Gasteiger partial charge in [0, 0.05) is 41.5 Å². The summed E-state index contributed by atoms with van der Waals surface area (Å²) >= 11 is 0. The first-order chi connectivity index (χ1) is 14.9. The van der Waals surface area contributed by atoms with Crippen molar-refractivity contribution in [3.05, 3.63) is 72.2 Å². The number of amides is 1. The molecule has 1 aliphatic carbocycles. The molecule has 1 aliphatic heterocycles. The number of aromatic nitrogens is 3. The smallest absolute Gasteiger partial charge is 0.244 e. The van der Waals surface area contributed by atoms with Gasteiger partial charge in [-0.15, -0.1) is 0 Å². The van der Waals surface area contributed by atoms with Crippen LogP contribution in [0.15, 0.2) is 66.7 Å². The molecule has 1 amide bonds. The van der Waals surface area contributed by atoms with Crippen LogP contribution in [0.1, 0.15) is 38.7 Å². The maximum atomic E-state index is 11.7. The maximum Gasteiger partial charge on any atom is 0.244 e. The van der Waals surface area contributed by atoms with Crippen molar-refractivity contribution in [1.29, 1.82) is 0 Å². The van der Waals surface area contributed by atoms with Crippen LogP contribution in [0.4, 0.5) is 5.82 Å². The van der Waals surface area contributed by atoms with E-state index in [1.807, 2.05) is 24.5 Å². The lowest BCUT2D eigenvalue weighted by Crippen LogP contribution is -2.27. The van der Waals surface area contributed by atoms with Crippen molar-refractivity contribution in [2.24, 2.45) is 5.73 Å². The normalized spacial score (nSPS) is 23.4. The summed E-state index contributed by atoms with van der Waals surface area (Å²) in [5.41, 5.74) is 10.0. The van der Waals surface area contributed by atoms with Gasteiger partial charge in [-0.3, -0.25) is 9.20 Å². The van der Waals surface area contributed by atoms with Gasteiger partial charge < -0.3 is 10.6 Å². The first kappa shape index (κ1) is 19.5. The van der Waals surface area contributed by atoms with Crippen molar-refractivity contribution >= 4 is 17.4 Å². The number of imidazole rings is 1. The molecule has 2 aliphatic rings. The molecule has 0 bridgehead atoms. The lowest BCUT2D eigenvalue weighted by Gasteiger charge is -2.29. The van der Waals surface area contributed by atoms with Crippen LogP contribution in [0.2, 0.25) is 0 Å². The van der Waals surface area contributed by atoms with Crippen LogP contribution in [0, 0.1) is 0 Å². The summed E-state index contributed by atoms with van der Waals surface area (Å²) in [5, 5.41) is 0. The first-order valence-electron chi connectivity index (χ1n) is 10.8. The first-order valence-corrected chi connectivity index (χ1v) is 10.8. The zero-order valence-electron chi connectivity index (χ0n) is 18.0. The van der Waals surface area contributed by atoms with Crippen molar-refractivity contribution in [2.45, 2.75) is 44.6 Å². The summed E-state index contributed by atoms with van der Waals surface area (Å²) in [6, 6.07) is 8.93. The fourth-order valence-corrected chi connectivity index (χ4v) is 4.82. The average molecular weight is 414 g/mol. The predicted molar refractivity (Wildman–Crippen MR) is 123 cm³/mol. The molecule has 0 spiro atoms. The number of hydrogen-bond acceptors (Lipinski definition) is 4. The van der Waals surface area contributed by atoms with E-state index in [-0.39, 0.29) is 11.3 Å². The van der Waals surface area contributed by atoms with Crippen LogP contribution in [-0.4, -0.2) is 32.9 Å². The average Bonchev–Trinajstić information content (AvgIpc) is 3.39. The van der Waals surface area contributed by atoms with Gasteiger partial charge in [0.25, 0.3) is 0 Å². The molecule has 2 atom stereocenters. The molecule has 0 radical (unpaired) electrons. The number of pyridine rings is 2. The number of hydrogen-bond donors (Lipinski definition) is 1. The van der Waals surface area contributed by atoms with E-state index in [0.717, 1.165) is 34.8 Å². The Kier molecular flexibility index (Phi) is 4.65. The van der Waals surface area contributed by atoms with Gasteiger partial charge in [-0.2, -0.15) is 0 Å². The number of anilines is 1. The fourth-order valence-electron chi connectivity index (χ4n) is 4.82. The maximum absolute atomic E-state index is 11.7. The molecule has 1 fully saturated rings. The number of nitrogens with two attached hydrogens (primary N) is 1. The molecule has 1 saturated heterocycles. The third-order valence-electron chi connectivity index (χ3n) is 6.70. The van der Waals surface area contributed by atoms with Crippen molar-refractivity contribution < 1.29 is 4.79 Å². The largest absolute Gasteiger partial charge is 0.366 e. The minimum absolute atomic E-state index is 0.289. The summed E-state index contributed by atoms with van der Waals surface area (Å²) in [6.07, 6.45) is 14.7. The molecule has 31 heavy (non-hydrogen) atoms. The molecule has 0 saturated carbocycles. The number of nitrogens with zero attached hydrogens (tertiary/aromatic N) is 4. The van der Waals surface area contributed by atoms with E-state index in [1.54, 1.807) is 6.08 Å². The second-order valence-electron chi connectivity index (χ2n) is 8.88. The molecule has 4 heterocycles. The minimum atomic E-state index is -0.361. The molecule has 2 unspecified atom stereocenters. The number of allylic oxidation sites excluding steroid dienone is 3. The summed E-state index contributed by atoms with van der Waals surface area (Å²) in [7, 11) is 0. The molecular formula is C25H27N5O. The lowest BCUT2D eigenvalue weighted by atomic mass is 9.75. The predicted octanol–water partition coefficient (Wildman–Crippen LogP) is 4.01. The molecule has 3 aromatic heterocycles. The van der Waals surface area contributed by atoms with Crippen molar-refractivity contribution in [2.75, 3.05) is 11.4 Å². The topological polar surface area (TPSA) is 76.5 Å². The number of fused-ring (bicyclic) bond motifs is 1. The van der Waals surface area contributed by atoms with E-state index in [1.165, 1.54) is 12.8 Å². The third kappa shape index (κ3) is 3.42.